The summed E-state index contributed by atoms with van der Waals surface area (Å²) >= 11 is 0. The van der Waals surface area contributed by atoms with Crippen molar-refractivity contribution in [2.75, 3.05) is 13.2 Å². The number of unbranched alkanes of at least 4 members (excludes halogenated alkanes) is 34. The van der Waals surface area contributed by atoms with Gasteiger partial charge in [-0.2, -0.15) is 0 Å². The van der Waals surface area contributed by atoms with E-state index in [1.165, 1.54) is 180 Å². The number of ether oxygens (including phenoxy) is 3. The minimum atomic E-state index is -0.760. The first-order chi connectivity index (χ1) is 28.5. The molecule has 6 heteroatoms. The van der Waals surface area contributed by atoms with Crippen LogP contribution in [0.25, 0.3) is 0 Å². The summed E-state index contributed by atoms with van der Waals surface area (Å²) in [4.78, 5) is 37.6. The molecule has 0 saturated carbocycles. The molecule has 0 N–H and O–H groups in total. The highest BCUT2D eigenvalue weighted by atomic mass is 16.6. The zero-order valence-corrected chi connectivity index (χ0v) is 39.1. The standard InChI is InChI=1S/C52H98O6/c1-4-7-10-13-15-17-19-21-22-23-24-25-26-27-28-29-30-31-33-34-36-39-42-45-51(54)57-48-49(47-56-50(53)44-41-38-12-9-6-3)58-52(55)46-43-40-37-35-32-20-18-16-14-11-8-5-2/h23-24,49H,4-22,25-48H2,1-3H3/b24-23-. The fraction of sp³-hybridized carbons (Fsp3) is 0.904. The zero-order valence-electron chi connectivity index (χ0n) is 39.1. The molecule has 6 nitrogen and oxygen atoms in total. The maximum Gasteiger partial charge on any atom is 0.306 e. The minimum Gasteiger partial charge on any atom is -0.462 e. The summed E-state index contributed by atoms with van der Waals surface area (Å²) in [5, 5.41) is 0. The lowest BCUT2D eigenvalue weighted by atomic mass is 10.0. The van der Waals surface area contributed by atoms with E-state index in [0.29, 0.717) is 19.3 Å². The molecule has 58 heavy (non-hydrogen) atoms. The van der Waals surface area contributed by atoms with E-state index >= 15 is 0 Å². The van der Waals surface area contributed by atoms with E-state index in [1.54, 1.807) is 0 Å². The Balaban J connectivity index is 4.03. The first kappa shape index (κ1) is 56.1. The molecular formula is C52H98O6. The van der Waals surface area contributed by atoms with Gasteiger partial charge in [0, 0.05) is 19.3 Å². The summed E-state index contributed by atoms with van der Waals surface area (Å²) in [7, 11) is 0. The Morgan fingerprint density at radius 1 is 0.328 bits per heavy atom. The third-order valence-corrected chi connectivity index (χ3v) is 11.5. The maximum atomic E-state index is 12.7. The van der Waals surface area contributed by atoms with Crippen molar-refractivity contribution in [3.05, 3.63) is 12.2 Å². The largest absolute Gasteiger partial charge is 0.462 e. The topological polar surface area (TPSA) is 78.9 Å². The second-order valence-corrected chi connectivity index (χ2v) is 17.4. The Kier molecular flexibility index (Phi) is 46.3. The smallest absolute Gasteiger partial charge is 0.306 e. The fourth-order valence-electron chi connectivity index (χ4n) is 7.61. The second kappa shape index (κ2) is 47.8. The summed E-state index contributed by atoms with van der Waals surface area (Å²) in [6, 6.07) is 0. The van der Waals surface area contributed by atoms with Crippen molar-refractivity contribution >= 4 is 17.9 Å². The Morgan fingerprint density at radius 2 is 0.569 bits per heavy atom. The molecule has 0 saturated heterocycles. The third-order valence-electron chi connectivity index (χ3n) is 11.5. The van der Waals surface area contributed by atoms with E-state index in [-0.39, 0.29) is 31.1 Å². The number of rotatable bonds is 47. The molecule has 0 radical (unpaired) electrons. The van der Waals surface area contributed by atoms with Crippen LogP contribution in [0.15, 0.2) is 12.2 Å². The predicted molar refractivity (Wildman–Crippen MR) is 247 cm³/mol. The maximum absolute atomic E-state index is 12.7. The van der Waals surface area contributed by atoms with Gasteiger partial charge in [-0.05, 0) is 44.9 Å². The predicted octanol–water partition coefficient (Wildman–Crippen LogP) is 16.6. The van der Waals surface area contributed by atoms with E-state index in [0.717, 1.165) is 64.2 Å². The van der Waals surface area contributed by atoms with Crippen molar-refractivity contribution in [1.82, 2.24) is 0 Å². The lowest BCUT2D eigenvalue weighted by Gasteiger charge is -2.18. The van der Waals surface area contributed by atoms with Crippen LogP contribution in [-0.4, -0.2) is 37.2 Å². The molecule has 0 aromatic rings. The van der Waals surface area contributed by atoms with Crippen LogP contribution in [-0.2, 0) is 28.6 Å². The Bertz CT molecular complexity index is 900. The van der Waals surface area contributed by atoms with Gasteiger partial charge in [0.15, 0.2) is 6.10 Å². The molecule has 0 bridgehead atoms. The molecule has 0 amide bonds. The third kappa shape index (κ3) is 45.2. The van der Waals surface area contributed by atoms with Crippen LogP contribution in [0, 0.1) is 0 Å². The van der Waals surface area contributed by atoms with E-state index in [2.05, 4.69) is 32.9 Å². The van der Waals surface area contributed by atoms with Gasteiger partial charge in [-0.3, -0.25) is 14.4 Å². The lowest BCUT2D eigenvalue weighted by Crippen LogP contribution is -2.30. The first-order valence-corrected chi connectivity index (χ1v) is 25.7. The molecule has 0 aromatic carbocycles. The van der Waals surface area contributed by atoms with Gasteiger partial charge in [0.25, 0.3) is 0 Å². The molecule has 0 aliphatic rings. The summed E-state index contributed by atoms with van der Waals surface area (Å²) in [5.41, 5.74) is 0. The summed E-state index contributed by atoms with van der Waals surface area (Å²) in [5.74, 6) is -0.869. The van der Waals surface area contributed by atoms with Crippen molar-refractivity contribution in [1.29, 1.82) is 0 Å². The Hall–Kier alpha value is -1.85. The average Bonchev–Trinajstić information content (AvgIpc) is 3.22. The molecule has 0 heterocycles. The van der Waals surface area contributed by atoms with Crippen LogP contribution in [0.5, 0.6) is 0 Å². The zero-order chi connectivity index (χ0) is 42.3. The molecule has 1 atom stereocenters. The number of hydrogen-bond acceptors (Lipinski definition) is 6. The molecule has 0 spiro atoms. The molecule has 342 valence electrons. The Morgan fingerprint density at radius 3 is 0.862 bits per heavy atom. The number of carbonyl (C=O) groups is 3. The van der Waals surface area contributed by atoms with Crippen LogP contribution in [0.1, 0.15) is 284 Å². The van der Waals surface area contributed by atoms with E-state index in [1.807, 2.05) is 0 Å². The highest BCUT2D eigenvalue weighted by Crippen LogP contribution is 2.16. The van der Waals surface area contributed by atoms with Gasteiger partial charge in [-0.25, -0.2) is 0 Å². The number of carbonyl (C=O) groups excluding carboxylic acids is 3. The molecular weight excluding hydrogens is 721 g/mol. The molecule has 0 rings (SSSR count). The van der Waals surface area contributed by atoms with Gasteiger partial charge in [-0.15, -0.1) is 0 Å². The van der Waals surface area contributed by atoms with E-state index in [9.17, 15) is 14.4 Å². The number of esters is 3. The molecule has 1 unspecified atom stereocenters. The summed E-state index contributed by atoms with van der Waals surface area (Å²) in [6.45, 7) is 6.58. The molecule has 0 aromatic heterocycles. The SMILES string of the molecule is CCCCCCCCCC/C=C\CCCCCCCCCCCCCC(=O)OCC(COC(=O)CCCCCCC)OC(=O)CCCCCCCCCCCCCC. The quantitative estimate of drug-likeness (QED) is 0.0263. The van der Waals surface area contributed by atoms with Gasteiger partial charge in [0.05, 0.1) is 0 Å². The summed E-state index contributed by atoms with van der Waals surface area (Å²) < 4.78 is 16.6. The number of allylic oxidation sites excluding steroid dienone is 2. The normalized spacial score (nSPS) is 12.0. The number of hydrogen-bond donors (Lipinski definition) is 0. The fourth-order valence-corrected chi connectivity index (χ4v) is 7.61. The minimum absolute atomic E-state index is 0.0666. The van der Waals surface area contributed by atoms with Crippen molar-refractivity contribution in [3.8, 4) is 0 Å². The average molecular weight is 819 g/mol. The van der Waals surface area contributed by atoms with Crippen molar-refractivity contribution < 1.29 is 28.6 Å². The van der Waals surface area contributed by atoms with Crippen LogP contribution in [0.4, 0.5) is 0 Å². The van der Waals surface area contributed by atoms with Gasteiger partial charge < -0.3 is 14.2 Å². The molecule has 0 fully saturated rings. The molecule has 0 aliphatic heterocycles. The van der Waals surface area contributed by atoms with Crippen LogP contribution in [0.2, 0.25) is 0 Å². The van der Waals surface area contributed by atoms with Crippen molar-refractivity contribution in [2.24, 2.45) is 0 Å². The Labute approximate surface area is 360 Å². The van der Waals surface area contributed by atoms with Crippen LogP contribution >= 0.6 is 0 Å². The first-order valence-electron chi connectivity index (χ1n) is 25.7. The monoisotopic (exact) mass is 819 g/mol. The van der Waals surface area contributed by atoms with E-state index in [4.69, 9.17) is 14.2 Å². The van der Waals surface area contributed by atoms with Gasteiger partial charge >= 0.3 is 17.9 Å². The molecule has 0 aliphatic carbocycles. The van der Waals surface area contributed by atoms with Gasteiger partial charge in [0.1, 0.15) is 13.2 Å². The van der Waals surface area contributed by atoms with Crippen molar-refractivity contribution in [3.63, 3.8) is 0 Å². The van der Waals surface area contributed by atoms with Gasteiger partial charge in [0.2, 0.25) is 0 Å². The van der Waals surface area contributed by atoms with Gasteiger partial charge in [-0.1, -0.05) is 232 Å². The van der Waals surface area contributed by atoms with Crippen molar-refractivity contribution in [2.45, 2.75) is 290 Å². The summed E-state index contributed by atoms with van der Waals surface area (Å²) in [6.07, 6.45) is 52.4. The second-order valence-electron chi connectivity index (χ2n) is 17.4. The van der Waals surface area contributed by atoms with E-state index < -0.39 is 6.10 Å². The lowest BCUT2D eigenvalue weighted by molar-refractivity contribution is -0.167. The highest BCUT2D eigenvalue weighted by Gasteiger charge is 2.19. The highest BCUT2D eigenvalue weighted by molar-refractivity contribution is 5.71. The van der Waals surface area contributed by atoms with Crippen LogP contribution in [0.3, 0.4) is 0 Å². The van der Waals surface area contributed by atoms with Crippen LogP contribution < -0.4 is 0 Å².